The number of nitrogens with one attached hydrogen (secondary N) is 1. The number of nitrogens with two attached hydrogens (primary N) is 2. The molecule has 0 aromatic carbocycles. The van der Waals surface area contributed by atoms with Crippen LogP contribution in [0.2, 0.25) is 0 Å². The third-order valence-electron chi connectivity index (χ3n) is 0.822. The Kier molecular flexibility index (Phi) is 24.6. The van der Waals surface area contributed by atoms with Crippen molar-refractivity contribution in [3.05, 3.63) is 0 Å². The molecule has 0 amide bonds. The standard InChI is InChI=1S/C5H14N4S2.2HI/c6-1-3-10-11-4-2-9-5(7)8;;/h1-4,6H2,(H4,7,8,9);2*1H. The summed E-state index contributed by atoms with van der Waals surface area (Å²) in [4.78, 5) is 2.94. The summed E-state index contributed by atoms with van der Waals surface area (Å²) in [5.74, 6) is 2.57. The van der Waals surface area contributed by atoms with Gasteiger partial charge in [0.2, 0.25) is 0 Å². The van der Waals surface area contributed by atoms with Crippen LogP contribution in [-0.2, 0) is 0 Å². The van der Waals surface area contributed by atoms with Gasteiger partial charge in [-0.05, 0) is 0 Å². The highest BCUT2D eigenvalue weighted by Gasteiger charge is 1.92. The van der Waals surface area contributed by atoms with Crippen molar-refractivity contribution in [3.8, 4) is 0 Å². The molecule has 8 heteroatoms. The van der Waals surface area contributed by atoms with Crippen LogP contribution >= 0.6 is 21.6 Å². The summed E-state index contributed by atoms with van der Waals surface area (Å²) >= 11 is 0. The minimum absolute atomic E-state index is 0. The number of hydrogen-bond donors (Lipinski definition) is 4. The summed E-state index contributed by atoms with van der Waals surface area (Å²) in [5.41, 5.74) is 14.1. The number of hydrogen-bond acceptors (Lipinski definition) is 3. The molecule has 0 spiro atoms. The van der Waals surface area contributed by atoms with Gasteiger partial charge in [-0.3, -0.25) is 5.73 Å². The first-order chi connectivity index (χ1) is 5.27. The first-order valence-corrected chi connectivity index (χ1v) is 5.89. The van der Waals surface area contributed by atoms with Crippen molar-refractivity contribution in [2.24, 2.45) is 11.5 Å². The molecule has 0 aliphatic rings. The summed E-state index contributed by atoms with van der Waals surface area (Å²) < 4.78 is 0. The minimum Gasteiger partial charge on any atom is -1.00 e. The van der Waals surface area contributed by atoms with Gasteiger partial charge in [-0.2, -0.15) is 0 Å². The summed E-state index contributed by atoms with van der Waals surface area (Å²) in [5, 5.41) is 0. The maximum atomic E-state index is 5.31. The highest BCUT2D eigenvalue weighted by atomic mass is 127. The van der Waals surface area contributed by atoms with E-state index in [2.05, 4.69) is 10.7 Å². The lowest BCUT2D eigenvalue weighted by Gasteiger charge is -1.93. The van der Waals surface area contributed by atoms with Crippen molar-refractivity contribution in [3.63, 3.8) is 0 Å². The molecule has 13 heavy (non-hydrogen) atoms. The van der Waals surface area contributed by atoms with E-state index in [1.807, 2.05) is 0 Å². The molecule has 0 rings (SSSR count). The van der Waals surface area contributed by atoms with Gasteiger partial charge in [0.05, 0.1) is 6.54 Å². The van der Waals surface area contributed by atoms with E-state index in [0.717, 1.165) is 24.6 Å². The predicted octanol–water partition coefficient (Wildman–Crippen LogP) is -9.03. The lowest BCUT2D eigenvalue weighted by atomic mass is 10.8. The Morgan fingerprint density at radius 1 is 1.23 bits per heavy atom. The SMILES string of the molecule is NCCSSCC[NH+]=C(N)[NH3+].[I-].[I-]. The number of rotatable bonds is 6. The summed E-state index contributed by atoms with van der Waals surface area (Å²) in [6.45, 7) is 1.62. The minimum atomic E-state index is 0. The van der Waals surface area contributed by atoms with E-state index in [0.29, 0.717) is 5.96 Å². The summed E-state index contributed by atoms with van der Waals surface area (Å²) in [6, 6.07) is 0. The van der Waals surface area contributed by atoms with Crippen molar-refractivity contribution < 1.29 is 58.7 Å². The van der Waals surface area contributed by atoms with Gasteiger partial charge in [0, 0.05) is 18.1 Å². The van der Waals surface area contributed by atoms with Gasteiger partial charge in [-0.1, -0.05) is 21.6 Å². The van der Waals surface area contributed by atoms with Crippen molar-refractivity contribution in [1.29, 1.82) is 0 Å². The Balaban J connectivity index is -0.000000500. The van der Waals surface area contributed by atoms with Crippen LogP contribution in [-0.4, -0.2) is 30.6 Å². The molecule has 0 fully saturated rings. The van der Waals surface area contributed by atoms with E-state index in [4.69, 9.17) is 11.5 Å². The van der Waals surface area contributed by atoms with Crippen LogP contribution in [0.5, 0.6) is 0 Å². The fourth-order valence-corrected chi connectivity index (χ4v) is 2.18. The molecule has 82 valence electrons. The van der Waals surface area contributed by atoms with Crippen LogP contribution < -0.4 is 70.1 Å². The Bertz CT molecular complexity index is 121. The molecule has 0 aliphatic carbocycles. The highest BCUT2D eigenvalue weighted by Crippen LogP contribution is 2.18. The van der Waals surface area contributed by atoms with Gasteiger partial charge >= 0.3 is 5.96 Å². The molecular weight excluding hydrogens is 434 g/mol. The predicted molar refractivity (Wildman–Crippen MR) is 51.9 cm³/mol. The zero-order valence-electron chi connectivity index (χ0n) is 7.26. The van der Waals surface area contributed by atoms with Gasteiger partial charge in [0.25, 0.3) is 0 Å². The second-order valence-electron chi connectivity index (χ2n) is 1.88. The molecule has 0 radical (unpaired) electrons. The highest BCUT2D eigenvalue weighted by molar-refractivity contribution is 8.76. The molecule has 0 unspecified atom stereocenters. The fourth-order valence-electron chi connectivity index (χ4n) is 0.419. The molecule has 4 nitrogen and oxygen atoms in total. The monoisotopic (exact) mass is 450 g/mol. The molecule has 0 aromatic heterocycles. The van der Waals surface area contributed by atoms with Crippen LogP contribution in [0.15, 0.2) is 0 Å². The second kappa shape index (κ2) is 16.0. The molecule has 8 N–H and O–H groups in total. The zero-order valence-corrected chi connectivity index (χ0v) is 13.2. The first kappa shape index (κ1) is 20.0. The Morgan fingerprint density at radius 3 is 2.23 bits per heavy atom. The average molecular weight is 450 g/mol. The maximum Gasteiger partial charge on any atom is 0.434 e. The van der Waals surface area contributed by atoms with E-state index in [9.17, 15) is 0 Å². The smallest absolute Gasteiger partial charge is 0.434 e. The van der Waals surface area contributed by atoms with Gasteiger partial charge in [-0.25, -0.2) is 10.7 Å². The lowest BCUT2D eigenvalue weighted by Crippen LogP contribution is -3.00. The van der Waals surface area contributed by atoms with E-state index >= 15 is 0 Å². The molecule has 0 aromatic rings. The van der Waals surface area contributed by atoms with Gasteiger partial charge < -0.3 is 53.7 Å². The van der Waals surface area contributed by atoms with Crippen LogP contribution in [0.4, 0.5) is 0 Å². The van der Waals surface area contributed by atoms with Gasteiger partial charge in [-0.15, -0.1) is 0 Å². The number of guanidine groups is 1. The van der Waals surface area contributed by atoms with Crippen LogP contribution in [0.1, 0.15) is 0 Å². The van der Waals surface area contributed by atoms with E-state index in [-0.39, 0.29) is 48.0 Å². The van der Waals surface area contributed by atoms with Crippen LogP contribution in [0.3, 0.4) is 0 Å². The Morgan fingerprint density at radius 2 is 1.77 bits per heavy atom. The Labute approximate surface area is 121 Å². The van der Waals surface area contributed by atoms with Crippen molar-refractivity contribution in [2.75, 3.05) is 24.6 Å². The van der Waals surface area contributed by atoms with E-state index in [1.54, 1.807) is 21.6 Å². The molecule has 0 saturated heterocycles. The molecule has 0 atom stereocenters. The van der Waals surface area contributed by atoms with Crippen LogP contribution in [0.25, 0.3) is 0 Å². The van der Waals surface area contributed by atoms with Crippen molar-refractivity contribution in [1.82, 2.24) is 0 Å². The molecule has 0 saturated carbocycles. The second-order valence-corrected chi connectivity index (χ2v) is 4.59. The van der Waals surface area contributed by atoms with E-state index in [1.165, 1.54) is 0 Å². The van der Waals surface area contributed by atoms with Crippen LogP contribution in [0, 0.1) is 0 Å². The van der Waals surface area contributed by atoms with E-state index < -0.39 is 0 Å². The van der Waals surface area contributed by atoms with Crippen molar-refractivity contribution in [2.45, 2.75) is 0 Å². The molecule has 0 aliphatic heterocycles. The third kappa shape index (κ3) is 19.8. The maximum absolute atomic E-state index is 5.31. The molecule has 0 bridgehead atoms. The first-order valence-electron chi connectivity index (χ1n) is 3.40. The number of quaternary nitrogens is 1. The average Bonchev–Trinajstić information content (AvgIpc) is 1.96. The quantitative estimate of drug-likeness (QED) is 0.106. The fraction of sp³-hybridized carbons (Fsp3) is 0.800. The number of halogens is 2. The van der Waals surface area contributed by atoms with Gasteiger partial charge in [0.15, 0.2) is 0 Å². The van der Waals surface area contributed by atoms with Crippen molar-refractivity contribution >= 4 is 27.5 Å². The van der Waals surface area contributed by atoms with Gasteiger partial charge in [0.1, 0.15) is 0 Å². The summed E-state index contributed by atoms with van der Waals surface area (Å²) in [6.07, 6.45) is 0. The Hall–Kier alpha value is 1.55. The summed E-state index contributed by atoms with van der Waals surface area (Å²) in [7, 11) is 3.58. The normalized spacial score (nSPS) is 10.2. The largest absolute Gasteiger partial charge is 1.00 e. The zero-order chi connectivity index (χ0) is 8.53. The molecule has 0 heterocycles. The third-order valence-corrected chi connectivity index (χ3v) is 3.26. The molecular formula is C5H16I2N4S2. The topological polar surface area (TPSA) is 93.7 Å². The lowest BCUT2D eigenvalue weighted by molar-refractivity contribution is -0.499.